The van der Waals surface area contributed by atoms with Gasteiger partial charge in [0.25, 0.3) is 0 Å². The number of hydrogen-bond donors (Lipinski definition) is 1. The van der Waals surface area contributed by atoms with Gasteiger partial charge >= 0.3 is 0 Å². The molecular weight excluding hydrogens is 172 g/mol. The molecule has 2 heteroatoms. The lowest BCUT2D eigenvalue weighted by atomic mass is 9.87. The van der Waals surface area contributed by atoms with Crippen LogP contribution in [0.4, 0.5) is 0 Å². The predicted octanol–water partition coefficient (Wildman–Crippen LogP) is 2.79. The van der Waals surface area contributed by atoms with Gasteiger partial charge in [-0.05, 0) is 17.4 Å². The molecule has 2 nitrogen and oxygen atoms in total. The van der Waals surface area contributed by atoms with E-state index >= 15 is 0 Å². The molecule has 0 amide bonds. The maximum Gasteiger partial charge on any atom is 0.0677 e. The summed E-state index contributed by atoms with van der Waals surface area (Å²) in [6.07, 6.45) is 0.896. The van der Waals surface area contributed by atoms with Crippen LogP contribution >= 0.6 is 0 Å². The molecule has 0 aliphatic carbocycles. The maximum atomic E-state index is 5.40. The Morgan fingerprint density at radius 1 is 1.21 bits per heavy atom. The smallest absolute Gasteiger partial charge is 0.0677 e. The molecule has 0 bridgehead atoms. The summed E-state index contributed by atoms with van der Waals surface area (Å²) in [5.41, 5.74) is 2.30. The molecule has 0 aromatic heterocycles. The highest BCUT2D eigenvalue weighted by Gasteiger charge is 2.15. The van der Waals surface area contributed by atoms with Crippen molar-refractivity contribution < 1.29 is 0 Å². The first kappa shape index (κ1) is 10.8. The molecule has 0 aliphatic rings. The number of benzene rings is 1. The van der Waals surface area contributed by atoms with Crippen molar-refractivity contribution in [2.45, 2.75) is 27.2 Å². The van der Waals surface area contributed by atoms with Gasteiger partial charge in [0.1, 0.15) is 0 Å². The molecule has 0 spiro atoms. The lowest BCUT2D eigenvalue weighted by Crippen LogP contribution is -2.15. The van der Waals surface area contributed by atoms with Crippen LogP contribution in [0.2, 0.25) is 0 Å². The molecule has 0 saturated carbocycles. The standard InChI is InChI=1S/C12H18N2/c1-12(2,3)9-11(14-13)10-7-5-4-6-8-10/h4-8H,9,13H2,1-3H3. The SMILES string of the molecule is CC(C)(C)CC(=NN)c1ccccc1. The molecule has 0 aliphatic heterocycles. The Morgan fingerprint density at radius 2 is 1.79 bits per heavy atom. The van der Waals surface area contributed by atoms with Crippen molar-refractivity contribution >= 4 is 5.71 Å². The minimum atomic E-state index is 0.216. The van der Waals surface area contributed by atoms with Gasteiger partial charge in [-0.1, -0.05) is 51.1 Å². The number of nitrogens with two attached hydrogens (primary N) is 1. The molecule has 0 saturated heterocycles. The molecule has 0 atom stereocenters. The summed E-state index contributed by atoms with van der Waals surface area (Å²) < 4.78 is 0. The molecule has 14 heavy (non-hydrogen) atoms. The van der Waals surface area contributed by atoms with Gasteiger partial charge in [-0.25, -0.2) is 0 Å². The van der Waals surface area contributed by atoms with E-state index in [-0.39, 0.29) is 5.41 Å². The van der Waals surface area contributed by atoms with Crippen molar-refractivity contribution in [3.05, 3.63) is 35.9 Å². The lowest BCUT2D eigenvalue weighted by molar-refractivity contribution is 0.434. The second kappa shape index (κ2) is 4.27. The Balaban J connectivity index is 2.85. The molecule has 0 heterocycles. The molecule has 2 N–H and O–H groups in total. The van der Waals surface area contributed by atoms with Crippen molar-refractivity contribution in [2.24, 2.45) is 16.4 Å². The largest absolute Gasteiger partial charge is 0.323 e. The van der Waals surface area contributed by atoms with Gasteiger partial charge in [-0.3, -0.25) is 0 Å². The number of nitrogens with zero attached hydrogens (tertiary/aromatic N) is 1. The van der Waals surface area contributed by atoms with Crippen LogP contribution in [0.1, 0.15) is 32.8 Å². The topological polar surface area (TPSA) is 38.4 Å². The predicted molar refractivity (Wildman–Crippen MR) is 61.2 cm³/mol. The summed E-state index contributed by atoms with van der Waals surface area (Å²) >= 11 is 0. The van der Waals surface area contributed by atoms with Crippen molar-refractivity contribution in [2.75, 3.05) is 0 Å². The summed E-state index contributed by atoms with van der Waals surface area (Å²) in [4.78, 5) is 0. The zero-order chi connectivity index (χ0) is 10.6. The van der Waals surface area contributed by atoms with E-state index in [0.29, 0.717) is 0 Å². The fourth-order valence-corrected chi connectivity index (χ4v) is 1.36. The Labute approximate surface area is 85.8 Å². The van der Waals surface area contributed by atoms with Crippen molar-refractivity contribution in [1.29, 1.82) is 0 Å². The average Bonchev–Trinajstić information content (AvgIpc) is 2.14. The van der Waals surface area contributed by atoms with Crippen LogP contribution in [0.25, 0.3) is 0 Å². The fourth-order valence-electron chi connectivity index (χ4n) is 1.36. The third-order valence-electron chi connectivity index (χ3n) is 1.96. The van der Waals surface area contributed by atoms with Gasteiger partial charge in [0.15, 0.2) is 0 Å². The quantitative estimate of drug-likeness (QED) is 0.434. The molecular formula is C12H18N2. The fraction of sp³-hybridized carbons (Fsp3) is 0.417. The summed E-state index contributed by atoms with van der Waals surface area (Å²) in [5, 5.41) is 3.86. The van der Waals surface area contributed by atoms with E-state index in [9.17, 15) is 0 Å². The van der Waals surface area contributed by atoms with Gasteiger partial charge < -0.3 is 5.84 Å². The number of rotatable bonds is 2. The van der Waals surface area contributed by atoms with Crippen LogP contribution in [0, 0.1) is 5.41 Å². The molecule has 1 aromatic rings. The van der Waals surface area contributed by atoms with Crippen LogP contribution in [0.5, 0.6) is 0 Å². The van der Waals surface area contributed by atoms with Crippen LogP contribution in [-0.4, -0.2) is 5.71 Å². The Morgan fingerprint density at radius 3 is 2.21 bits per heavy atom. The van der Waals surface area contributed by atoms with Gasteiger partial charge in [0.05, 0.1) is 5.71 Å². The third-order valence-corrected chi connectivity index (χ3v) is 1.96. The summed E-state index contributed by atoms with van der Waals surface area (Å²) in [5.74, 6) is 5.40. The van der Waals surface area contributed by atoms with Crippen molar-refractivity contribution in [1.82, 2.24) is 0 Å². The van der Waals surface area contributed by atoms with E-state index in [1.54, 1.807) is 0 Å². The minimum absolute atomic E-state index is 0.216. The Hall–Kier alpha value is -1.31. The van der Waals surface area contributed by atoms with Gasteiger partial charge in [0.2, 0.25) is 0 Å². The zero-order valence-corrected chi connectivity index (χ0v) is 9.12. The summed E-state index contributed by atoms with van der Waals surface area (Å²) in [6.45, 7) is 6.54. The van der Waals surface area contributed by atoms with E-state index in [1.807, 2.05) is 30.3 Å². The molecule has 0 fully saturated rings. The Kier molecular flexibility index (Phi) is 3.28. The van der Waals surface area contributed by atoms with E-state index in [4.69, 9.17) is 5.84 Å². The van der Waals surface area contributed by atoms with E-state index < -0.39 is 0 Å². The van der Waals surface area contributed by atoms with Crippen molar-refractivity contribution in [3.8, 4) is 0 Å². The van der Waals surface area contributed by atoms with Crippen LogP contribution < -0.4 is 5.84 Å². The van der Waals surface area contributed by atoms with Gasteiger partial charge in [-0.15, -0.1) is 0 Å². The maximum absolute atomic E-state index is 5.40. The van der Waals surface area contributed by atoms with Crippen LogP contribution in [0.15, 0.2) is 35.4 Å². The Bertz CT molecular complexity index is 307. The zero-order valence-electron chi connectivity index (χ0n) is 9.12. The number of hydrazone groups is 1. The average molecular weight is 190 g/mol. The molecule has 0 radical (unpaired) electrons. The second-order valence-corrected chi connectivity index (χ2v) is 4.68. The lowest BCUT2D eigenvalue weighted by Gasteiger charge is -2.18. The van der Waals surface area contributed by atoms with E-state index in [2.05, 4.69) is 25.9 Å². The van der Waals surface area contributed by atoms with E-state index in [0.717, 1.165) is 17.7 Å². The van der Waals surface area contributed by atoms with E-state index in [1.165, 1.54) is 0 Å². The first-order valence-corrected chi connectivity index (χ1v) is 4.85. The monoisotopic (exact) mass is 190 g/mol. The molecule has 1 rings (SSSR count). The third kappa shape index (κ3) is 3.21. The van der Waals surface area contributed by atoms with Crippen LogP contribution in [0.3, 0.4) is 0 Å². The summed E-state index contributed by atoms with van der Waals surface area (Å²) in [6, 6.07) is 10.1. The highest BCUT2D eigenvalue weighted by atomic mass is 15.1. The first-order valence-electron chi connectivity index (χ1n) is 4.85. The highest BCUT2D eigenvalue weighted by Crippen LogP contribution is 2.21. The van der Waals surface area contributed by atoms with Crippen LogP contribution in [-0.2, 0) is 0 Å². The molecule has 0 unspecified atom stereocenters. The number of hydrogen-bond acceptors (Lipinski definition) is 2. The van der Waals surface area contributed by atoms with Crippen molar-refractivity contribution in [3.63, 3.8) is 0 Å². The minimum Gasteiger partial charge on any atom is -0.323 e. The molecule has 76 valence electrons. The highest BCUT2D eigenvalue weighted by molar-refractivity contribution is 6.00. The van der Waals surface area contributed by atoms with Gasteiger partial charge in [-0.2, -0.15) is 5.10 Å². The first-order chi connectivity index (χ1) is 6.53. The summed E-state index contributed by atoms with van der Waals surface area (Å²) in [7, 11) is 0. The molecule has 1 aromatic carbocycles. The second-order valence-electron chi connectivity index (χ2n) is 4.68. The van der Waals surface area contributed by atoms with Gasteiger partial charge in [0, 0.05) is 0 Å². The normalized spacial score (nSPS) is 12.9.